The molecule has 3 aliphatic rings. The molecule has 2 amide bonds. The van der Waals surface area contributed by atoms with Crippen LogP contribution in [0.15, 0.2) is 36.4 Å². The summed E-state index contributed by atoms with van der Waals surface area (Å²) in [7, 11) is 0. The van der Waals surface area contributed by atoms with Gasteiger partial charge in [-0.3, -0.25) is 5.32 Å². The van der Waals surface area contributed by atoms with Gasteiger partial charge in [0, 0.05) is 26.1 Å². The molecule has 0 aliphatic carbocycles. The van der Waals surface area contributed by atoms with Crippen LogP contribution in [-0.4, -0.2) is 48.9 Å². The first kappa shape index (κ1) is 15.3. The van der Waals surface area contributed by atoms with Crippen molar-refractivity contribution >= 4 is 6.03 Å². The van der Waals surface area contributed by atoms with Crippen molar-refractivity contribution in [2.24, 2.45) is 0 Å². The van der Waals surface area contributed by atoms with Gasteiger partial charge in [-0.05, 0) is 25.0 Å². The van der Waals surface area contributed by atoms with Gasteiger partial charge >= 0.3 is 6.03 Å². The fraction of sp³-hybridized carbons (Fsp3) is 0.500. The quantitative estimate of drug-likeness (QED) is 0.828. The Hall–Kier alpha value is -2.21. The van der Waals surface area contributed by atoms with E-state index in [1.54, 1.807) is 0 Å². The molecular weight excluding hydrogens is 306 g/mol. The minimum atomic E-state index is -0.324. The predicted octanol–water partition coefficient (Wildman–Crippen LogP) is 1.88. The zero-order chi connectivity index (χ0) is 16.4. The number of rotatable bonds is 4. The van der Waals surface area contributed by atoms with Crippen LogP contribution in [0.3, 0.4) is 0 Å². The van der Waals surface area contributed by atoms with Crippen LogP contribution in [-0.2, 0) is 0 Å². The Labute approximate surface area is 141 Å². The Morgan fingerprint density at radius 2 is 2.12 bits per heavy atom. The Kier molecular flexibility index (Phi) is 4.06. The van der Waals surface area contributed by atoms with Gasteiger partial charge in [-0.15, -0.1) is 0 Å². The van der Waals surface area contributed by atoms with Crippen LogP contribution in [0.5, 0.6) is 11.5 Å². The second-order valence-electron chi connectivity index (χ2n) is 6.51. The number of hydrogen-bond acceptors (Lipinski definition) is 4. The number of para-hydroxylation sites is 2. The van der Waals surface area contributed by atoms with E-state index in [2.05, 4.69) is 22.8 Å². The molecule has 1 saturated heterocycles. The van der Waals surface area contributed by atoms with Crippen molar-refractivity contribution in [1.29, 1.82) is 0 Å². The number of hydrogen-bond donors (Lipinski definition) is 2. The topological polar surface area (TPSA) is 62.8 Å². The Bertz CT molecular complexity index is 648. The number of carbonyl (C=O) groups is 1. The van der Waals surface area contributed by atoms with Gasteiger partial charge in [0.05, 0.1) is 5.66 Å². The molecule has 0 bridgehead atoms. The maximum Gasteiger partial charge on any atom is 0.319 e. The first-order valence-corrected chi connectivity index (χ1v) is 8.61. The Morgan fingerprint density at radius 1 is 1.25 bits per heavy atom. The van der Waals surface area contributed by atoms with Gasteiger partial charge < -0.3 is 19.7 Å². The van der Waals surface area contributed by atoms with E-state index in [0.717, 1.165) is 43.9 Å². The lowest BCUT2D eigenvalue weighted by atomic mass is 9.93. The summed E-state index contributed by atoms with van der Waals surface area (Å²) in [6, 6.07) is 7.78. The van der Waals surface area contributed by atoms with E-state index >= 15 is 0 Å². The molecule has 2 N–H and O–H groups in total. The molecule has 3 heterocycles. The van der Waals surface area contributed by atoms with Crippen LogP contribution in [0.1, 0.15) is 19.3 Å². The normalized spacial score (nSPS) is 28.8. The number of carbonyl (C=O) groups excluding carboxylic acids is 1. The van der Waals surface area contributed by atoms with Gasteiger partial charge in [-0.2, -0.15) is 0 Å². The van der Waals surface area contributed by atoms with Gasteiger partial charge in [-0.25, -0.2) is 4.79 Å². The van der Waals surface area contributed by atoms with E-state index in [9.17, 15) is 4.79 Å². The Morgan fingerprint density at radius 3 is 2.88 bits per heavy atom. The molecule has 6 nitrogen and oxygen atoms in total. The van der Waals surface area contributed by atoms with Gasteiger partial charge in [-0.1, -0.05) is 24.3 Å². The third-order valence-corrected chi connectivity index (χ3v) is 4.99. The maximum absolute atomic E-state index is 12.2. The standard InChI is InChI=1S/C18H23N3O3/c22-17-19-11-12-21(17)18(8-3-4-10-20-18)9-7-14-13-23-15-5-1-2-6-16(15)24-14/h1-6,14,20H,7-13H2,(H,19,22). The minimum Gasteiger partial charge on any atom is -0.486 e. The van der Waals surface area contributed by atoms with Crippen molar-refractivity contribution in [2.75, 3.05) is 26.2 Å². The molecule has 1 fully saturated rings. The van der Waals surface area contributed by atoms with Crippen molar-refractivity contribution in [3.05, 3.63) is 36.4 Å². The molecule has 3 aliphatic heterocycles. The third-order valence-electron chi connectivity index (χ3n) is 4.99. The van der Waals surface area contributed by atoms with Crippen molar-refractivity contribution in [3.8, 4) is 11.5 Å². The van der Waals surface area contributed by atoms with Crippen LogP contribution in [0.4, 0.5) is 4.79 Å². The third kappa shape index (κ3) is 2.82. The molecule has 0 spiro atoms. The SMILES string of the molecule is O=C1NCCN1C1(CCC2COc3ccccc3O2)CC=CCN1. The number of nitrogens with one attached hydrogen (secondary N) is 2. The van der Waals surface area contributed by atoms with Gasteiger partial charge in [0.25, 0.3) is 0 Å². The highest BCUT2D eigenvalue weighted by Gasteiger charge is 2.42. The van der Waals surface area contributed by atoms with E-state index in [-0.39, 0.29) is 17.8 Å². The van der Waals surface area contributed by atoms with E-state index in [0.29, 0.717) is 13.2 Å². The summed E-state index contributed by atoms with van der Waals surface area (Å²) in [4.78, 5) is 14.1. The lowest BCUT2D eigenvalue weighted by molar-refractivity contribution is 0.0484. The van der Waals surface area contributed by atoms with Crippen LogP contribution < -0.4 is 20.1 Å². The second-order valence-corrected chi connectivity index (χ2v) is 6.51. The summed E-state index contributed by atoms with van der Waals surface area (Å²) in [5.41, 5.74) is -0.324. The number of ether oxygens (including phenoxy) is 2. The molecular formula is C18H23N3O3. The monoisotopic (exact) mass is 329 g/mol. The summed E-state index contributed by atoms with van der Waals surface area (Å²) >= 11 is 0. The molecule has 0 saturated carbocycles. The van der Waals surface area contributed by atoms with Gasteiger partial charge in [0.1, 0.15) is 12.7 Å². The summed E-state index contributed by atoms with van der Waals surface area (Å²) in [6.45, 7) is 2.79. The van der Waals surface area contributed by atoms with Crippen molar-refractivity contribution in [2.45, 2.75) is 31.0 Å². The highest BCUT2D eigenvalue weighted by atomic mass is 16.6. The fourth-order valence-electron chi connectivity index (χ4n) is 3.70. The summed E-state index contributed by atoms with van der Waals surface area (Å²) in [5.74, 6) is 1.61. The first-order valence-electron chi connectivity index (χ1n) is 8.61. The van der Waals surface area contributed by atoms with E-state index in [1.165, 1.54) is 0 Å². The minimum absolute atomic E-state index is 0.00939. The summed E-state index contributed by atoms with van der Waals surface area (Å²) < 4.78 is 11.9. The average Bonchev–Trinajstić information content (AvgIpc) is 3.07. The smallest absolute Gasteiger partial charge is 0.319 e. The van der Waals surface area contributed by atoms with Crippen LogP contribution >= 0.6 is 0 Å². The summed E-state index contributed by atoms with van der Waals surface area (Å²) in [5, 5.41) is 6.46. The average molecular weight is 329 g/mol. The van der Waals surface area contributed by atoms with E-state index < -0.39 is 0 Å². The number of nitrogens with zero attached hydrogens (tertiary/aromatic N) is 1. The van der Waals surface area contributed by atoms with Crippen molar-refractivity contribution < 1.29 is 14.3 Å². The highest BCUT2D eigenvalue weighted by Crippen LogP contribution is 2.34. The van der Waals surface area contributed by atoms with Crippen LogP contribution in [0, 0.1) is 0 Å². The molecule has 2 unspecified atom stereocenters. The lowest BCUT2D eigenvalue weighted by Crippen LogP contribution is -2.61. The van der Waals surface area contributed by atoms with Gasteiger partial charge in [0.15, 0.2) is 11.5 Å². The number of fused-ring (bicyclic) bond motifs is 1. The van der Waals surface area contributed by atoms with Crippen molar-refractivity contribution in [3.63, 3.8) is 0 Å². The molecule has 4 rings (SSSR count). The molecule has 0 aromatic heterocycles. The molecule has 2 atom stereocenters. The summed E-state index contributed by atoms with van der Waals surface area (Å²) in [6.07, 6.45) is 6.78. The number of urea groups is 1. The highest BCUT2D eigenvalue weighted by molar-refractivity contribution is 5.77. The molecule has 1 aromatic carbocycles. The van der Waals surface area contributed by atoms with Crippen LogP contribution in [0.25, 0.3) is 0 Å². The fourth-order valence-corrected chi connectivity index (χ4v) is 3.70. The largest absolute Gasteiger partial charge is 0.486 e. The second kappa shape index (κ2) is 6.36. The zero-order valence-corrected chi connectivity index (χ0v) is 13.7. The van der Waals surface area contributed by atoms with Crippen molar-refractivity contribution in [1.82, 2.24) is 15.5 Å². The van der Waals surface area contributed by atoms with E-state index in [1.807, 2.05) is 29.2 Å². The zero-order valence-electron chi connectivity index (χ0n) is 13.7. The maximum atomic E-state index is 12.2. The number of benzene rings is 1. The molecule has 1 aromatic rings. The first-order chi connectivity index (χ1) is 11.8. The Balaban J connectivity index is 1.44. The lowest BCUT2D eigenvalue weighted by Gasteiger charge is -2.44. The van der Waals surface area contributed by atoms with E-state index in [4.69, 9.17) is 9.47 Å². The molecule has 128 valence electrons. The van der Waals surface area contributed by atoms with Crippen LogP contribution in [0.2, 0.25) is 0 Å². The van der Waals surface area contributed by atoms with Gasteiger partial charge in [0.2, 0.25) is 0 Å². The molecule has 6 heteroatoms. The molecule has 0 radical (unpaired) electrons. The number of amides is 2. The molecule has 24 heavy (non-hydrogen) atoms. The predicted molar refractivity (Wildman–Crippen MR) is 90.2 cm³/mol.